The Morgan fingerprint density at radius 3 is 2.64 bits per heavy atom. The topological polar surface area (TPSA) is 83.6 Å². The molecule has 14 heavy (non-hydrogen) atoms. The Hall–Kier alpha value is -1.33. The van der Waals surface area contributed by atoms with Crippen molar-refractivity contribution in [3.63, 3.8) is 0 Å². The maximum atomic E-state index is 13.1. The van der Waals surface area contributed by atoms with Gasteiger partial charge in [-0.3, -0.25) is 4.79 Å². The molecule has 0 aromatic heterocycles. The van der Waals surface area contributed by atoms with Gasteiger partial charge in [0.25, 0.3) is 0 Å². The van der Waals surface area contributed by atoms with Crippen LogP contribution in [0.4, 0.5) is 4.39 Å². The van der Waals surface area contributed by atoms with Gasteiger partial charge in [-0.05, 0) is 12.1 Å². The first-order valence-corrected chi connectivity index (χ1v) is 3.98. The summed E-state index contributed by atoms with van der Waals surface area (Å²) < 4.78 is 13.1. The Morgan fingerprint density at radius 1 is 1.57 bits per heavy atom. The highest BCUT2D eigenvalue weighted by Crippen LogP contribution is 2.32. The highest BCUT2D eigenvalue weighted by Gasteiger charge is 2.23. The molecule has 1 aromatic rings. The number of benzene rings is 1. The van der Waals surface area contributed by atoms with E-state index in [2.05, 4.69) is 0 Å². The van der Waals surface area contributed by atoms with Crippen molar-refractivity contribution >= 4 is 17.6 Å². The van der Waals surface area contributed by atoms with Gasteiger partial charge in [0.15, 0.2) is 0 Å². The lowest BCUT2D eigenvalue weighted by molar-refractivity contribution is -0.138. The van der Waals surface area contributed by atoms with Gasteiger partial charge in [-0.25, -0.2) is 4.39 Å². The normalized spacial score (nSPS) is 12.5. The third kappa shape index (κ3) is 1.78. The van der Waals surface area contributed by atoms with Crippen molar-refractivity contribution in [1.29, 1.82) is 0 Å². The molecule has 1 aromatic carbocycles. The minimum Gasteiger partial charge on any atom is -0.506 e. The first kappa shape index (κ1) is 10.7. The fourth-order valence-electron chi connectivity index (χ4n) is 0.976. The standard InChI is InChI=1S/C8H7ClFNO3/c9-3-1-2-4(10)5(7(3)12)6(11)8(13)14/h1-2,6,12H,11H2,(H,13,14)/t6-/m1/s1. The monoisotopic (exact) mass is 219 g/mol. The number of carbonyl (C=O) groups is 1. The lowest BCUT2D eigenvalue weighted by atomic mass is 10.1. The summed E-state index contributed by atoms with van der Waals surface area (Å²) in [5.74, 6) is -2.98. The number of halogens is 2. The van der Waals surface area contributed by atoms with Crippen LogP contribution in [0.1, 0.15) is 11.6 Å². The van der Waals surface area contributed by atoms with Gasteiger partial charge < -0.3 is 15.9 Å². The number of carboxylic acid groups (broad SMARTS) is 1. The zero-order chi connectivity index (χ0) is 10.9. The molecular formula is C8H7ClFNO3. The van der Waals surface area contributed by atoms with Crippen LogP contribution >= 0.6 is 11.6 Å². The average molecular weight is 220 g/mol. The van der Waals surface area contributed by atoms with Crippen molar-refractivity contribution in [2.45, 2.75) is 6.04 Å². The summed E-state index contributed by atoms with van der Waals surface area (Å²) >= 11 is 5.47. The largest absolute Gasteiger partial charge is 0.506 e. The minimum absolute atomic E-state index is 0.141. The highest BCUT2D eigenvalue weighted by molar-refractivity contribution is 6.32. The van der Waals surface area contributed by atoms with Crippen LogP contribution in [0.3, 0.4) is 0 Å². The number of hydrogen-bond donors (Lipinski definition) is 3. The summed E-state index contributed by atoms with van der Waals surface area (Å²) in [5, 5.41) is 17.7. The smallest absolute Gasteiger partial charge is 0.325 e. The van der Waals surface area contributed by atoms with E-state index < -0.39 is 29.1 Å². The van der Waals surface area contributed by atoms with Crippen molar-refractivity contribution in [2.75, 3.05) is 0 Å². The zero-order valence-corrected chi connectivity index (χ0v) is 7.62. The van der Waals surface area contributed by atoms with E-state index in [-0.39, 0.29) is 5.02 Å². The molecule has 4 nitrogen and oxygen atoms in total. The molecule has 0 unspecified atom stereocenters. The van der Waals surface area contributed by atoms with Crippen LogP contribution in [0.2, 0.25) is 5.02 Å². The molecule has 0 fully saturated rings. The molecule has 1 atom stereocenters. The molecule has 76 valence electrons. The maximum absolute atomic E-state index is 13.1. The first-order valence-electron chi connectivity index (χ1n) is 3.60. The Balaban J connectivity index is 3.32. The molecule has 0 aliphatic rings. The second-order valence-corrected chi connectivity index (χ2v) is 3.01. The van der Waals surface area contributed by atoms with Crippen LogP contribution < -0.4 is 5.73 Å². The van der Waals surface area contributed by atoms with Crippen molar-refractivity contribution in [3.05, 3.63) is 28.5 Å². The van der Waals surface area contributed by atoms with Crippen molar-refractivity contribution < 1.29 is 19.4 Å². The fraction of sp³-hybridized carbons (Fsp3) is 0.125. The number of aromatic hydroxyl groups is 1. The van der Waals surface area contributed by atoms with E-state index in [4.69, 9.17) is 22.4 Å². The van der Waals surface area contributed by atoms with Gasteiger partial charge in [0.2, 0.25) is 0 Å². The number of nitrogens with two attached hydrogens (primary N) is 1. The van der Waals surface area contributed by atoms with Gasteiger partial charge in [0.05, 0.1) is 10.6 Å². The minimum atomic E-state index is -1.63. The Labute approximate surface area is 83.7 Å². The summed E-state index contributed by atoms with van der Waals surface area (Å²) in [6.07, 6.45) is 0. The number of hydrogen-bond acceptors (Lipinski definition) is 3. The second-order valence-electron chi connectivity index (χ2n) is 2.61. The molecular weight excluding hydrogens is 213 g/mol. The summed E-state index contributed by atoms with van der Waals surface area (Å²) in [6.45, 7) is 0. The quantitative estimate of drug-likeness (QED) is 0.699. The van der Waals surface area contributed by atoms with Gasteiger partial charge in [-0.2, -0.15) is 0 Å². The van der Waals surface area contributed by atoms with E-state index in [1.807, 2.05) is 0 Å². The van der Waals surface area contributed by atoms with Gasteiger partial charge in [-0.1, -0.05) is 11.6 Å². The molecule has 0 heterocycles. The molecule has 0 saturated carbocycles. The Kier molecular flexibility index (Phi) is 2.93. The highest BCUT2D eigenvalue weighted by atomic mass is 35.5. The number of phenolic OH excluding ortho intramolecular Hbond substituents is 1. The van der Waals surface area contributed by atoms with Gasteiger partial charge >= 0.3 is 5.97 Å². The predicted octanol–water partition coefficient (Wildman–Crippen LogP) is 1.27. The lowest BCUT2D eigenvalue weighted by Crippen LogP contribution is -2.22. The molecule has 0 spiro atoms. The van der Waals surface area contributed by atoms with E-state index in [1.165, 1.54) is 0 Å². The van der Waals surface area contributed by atoms with Crippen LogP contribution in [-0.4, -0.2) is 16.2 Å². The summed E-state index contributed by atoms with van der Waals surface area (Å²) in [7, 11) is 0. The predicted molar refractivity (Wildman–Crippen MR) is 47.6 cm³/mol. The molecule has 0 aliphatic heterocycles. The van der Waals surface area contributed by atoms with Gasteiger partial charge in [0.1, 0.15) is 17.6 Å². The molecule has 0 radical (unpaired) electrons. The molecule has 0 aliphatic carbocycles. The number of aliphatic carboxylic acids is 1. The van der Waals surface area contributed by atoms with Crippen LogP contribution in [0.5, 0.6) is 5.75 Å². The number of rotatable bonds is 2. The Bertz CT molecular complexity index is 383. The zero-order valence-electron chi connectivity index (χ0n) is 6.87. The van der Waals surface area contributed by atoms with Gasteiger partial charge in [0, 0.05) is 0 Å². The molecule has 1 rings (SSSR count). The van der Waals surface area contributed by atoms with Crippen LogP contribution in [-0.2, 0) is 4.79 Å². The lowest BCUT2D eigenvalue weighted by Gasteiger charge is -2.10. The molecule has 0 amide bonds. The van der Waals surface area contributed by atoms with Crippen LogP contribution in [0.25, 0.3) is 0 Å². The molecule has 6 heteroatoms. The second kappa shape index (κ2) is 3.81. The van der Waals surface area contributed by atoms with E-state index in [0.29, 0.717) is 0 Å². The van der Waals surface area contributed by atoms with Crippen LogP contribution in [0, 0.1) is 5.82 Å². The number of carboxylic acids is 1. The van der Waals surface area contributed by atoms with Crippen molar-refractivity contribution in [3.8, 4) is 5.75 Å². The van der Waals surface area contributed by atoms with Crippen molar-refractivity contribution in [2.24, 2.45) is 5.73 Å². The average Bonchev–Trinajstić information content (AvgIpc) is 2.12. The first-order chi connectivity index (χ1) is 6.45. The SMILES string of the molecule is N[C@@H](C(=O)O)c1c(F)ccc(Cl)c1O. The molecule has 4 N–H and O–H groups in total. The van der Waals surface area contributed by atoms with Crippen LogP contribution in [0.15, 0.2) is 12.1 Å². The molecule has 0 saturated heterocycles. The van der Waals surface area contributed by atoms with Gasteiger partial charge in [-0.15, -0.1) is 0 Å². The van der Waals surface area contributed by atoms with E-state index >= 15 is 0 Å². The molecule has 0 bridgehead atoms. The van der Waals surface area contributed by atoms with E-state index in [9.17, 15) is 14.3 Å². The third-order valence-corrected chi connectivity index (χ3v) is 2.00. The fourth-order valence-corrected chi connectivity index (χ4v) is 1.14. The van der Waals surface area contributed by atoms with E-state index in [1.54, 1.807) is 0 Å². The summed E-state index contributed by atoms with van der Waals surface area (Å²) in [5.41, 5.74) is 4.64. The van der Waals surface area contributed by atoms with Crippen molar-refractivity contribution in [1.82, 2.24) is 0 Å². The number of phenols is 1. The summed E-state index contributed by atoms with van der Waals surface area (Å²) in [4.78, 5) is 10.5. The third-order valence-electron chi connectivity index (χ3n) is 1.69. The van der Waals surface area contributed by atoms with E-state index in [0.717, 1.165) is 12.1 Å². The Morgan fingerprint density at radius 2 is 2.14 bits per heavy atom. The maximum Gasteiger partial charge on any atom is 0.325 e. The summed E-state index contributed by atoms with van der Waals surface area (Å²) in [6, 6.07) is 0.429.